The first-order valence-corrected chi connectivity index (χ1v) is 8.42. The SMILES string of the molecule is CC.CC.CC1CC1.Cc1ccccn1.Cc1ccncc1. The van der Waals surface area contributed by atoms with Crippen LogP contribution in [-0.2, 0) is 0 Å². The minimum absolute atomic E-state index is 1.07. The van der Waals surface area contributed by atoms with Crippen LogP contribution in [0.5, 0.6) is 0 Å². The first-order valence-electron chi connectivity index (χ1n) is 8.42. The molecule has 0 spiro atoms. The van der Waals surface area contributed by atoms with Gasteiger partial charge in [-0.25, -0.2) is 0 Å². The van der Waals surface area contributed by atoms with E-state index in [1.54, 1.807) is 18.6 Å². The van der Waals surface area contributed by atoms with E-state index in [0.717, 1.165) is 11.6 Å². The average molecular weight is 303 g/mol. The molecule has 1 aliphatic carbocycles. The summed E-state index contributed by atoms with van der Waals surface area (Å²) in [5.41, 5.74) is 2.33. The fraction of sp³-hybridized carbons (Fsp3) is 0.500. The zero-order valence-electron chi connectivity index (χ0n) is 15.5. The third kappa shape index (κ3) is 18.3. The number of rotatable bonds is 0. The van der Waals surface area contributed by atoms with Crippen molar-refractivity contribution in [3.8, 4) is 0 Å². The Kier molecular flexibility index (Phi) is 17.8. The molecule has 0 saturated heterocycles. The third-order valence-corrected chi connectivity index (χ3v) is 2.53. The van der Waals surface area contributed by atoms with Gasteiger partial charge >= 0.3 is 0 Å². The van der Waals surface area contributed by atoms with E-state index < -0.39 is 0 Å². The minimum Gasteiger partial charge on any atom is -0.265 e. The monoisotopic (exact) mass is 302 g/mol. The average Bonchev–Trinajstić information content (AvgIpc) is 3.36. The molecular formula is C20H34N2. The van der Waals surface area contributed by atoms with Gasteiger partial charge < -0.3 is 0 Å². The highest BCUT2D eigenvalue weighted by molar-refractivity contribution is 5.05. The predicted octanol–water partition coefficient (Wildman–Crippen LogP) is 6.25. The summed E-state index contributed by atoms with van der Waals surface area (Å²) >= 11 is 0. The summed E-state index contributed by atoms with van der Waals surface area (Å²) in [4.78, 5) is 7.82. The Morgan fingerprint density at radius 2 is 1.32 bits per heavy atom. The summed E-state index contributed by atoms with van der Waals surface area (Å²) in [7, 11) is 0. The molecule has 2 heterocycles. The second kappa shape index (κ2) is 17.4. The van der Waals surface area contributed by atoms with Gasteiger partial charge in [-0.1, -0.05) is 53.5 Å². The van der Waals surface area contributed by atoms with E-state index in [9.17, 15) is 0 Å². The smallest absolute Gasteiger partial charge is 0.0372 e. The van der Waals surface area contributed by atoms with Crippen molar-refractivity contribution in [2.75, 3.05) is 0 Å². The normalized spacial score (nSPS) is 10.9. The number of hydrogen-bond donors (Lipinski definition) is 0. The van der Waals surface area contributed by atoms with Crippen molar-refractivity contribution in [2.45, 2.75) is 61.3 Å². The fourth-order valence-electron chi connectivity index (χ4n) is 1.04. The molecule has 1 saturated carbocycles. The number of nitrogens with zero attached hydrogens (tertiary/aromatic N) is 2. The van der Waals surface area contributed by atoms with Gasteiger partial charge in [0, 0.05) is 24.3 Å². The topological polar surface area (TPSA) is 25.8 Å². The Balaban J connectivity index is 0. The molecule has 0 aliphatic heterocycles. The van der Waals surface area contributed by atoms with Crippen LogP contribution in [0.2, 0.25) is 0 Å². The minimum atomic E-state index is 1.07. The molecule has 0 amide bonds. The molecule has 0 radical (unpaired) electrons. The zero-order chi connectivity index (χ0) is 17.2. The molecule has 1 aliphatic rings. The lowest BCUT2D eigenvalue weighted by molar-refractivity contribution is 0.983. The molecule has 3 rings (SSSR count). The zero-order valence-corrected chi connectivity index (χ0v) is 15.5. The Labute approximate surface area is 138 Å². The first-order chi connectivity index (χ1) is 10.7. The Hall–Kier alpha value is -1.70. The summed E-state index contributed by atoms with van der Waals surface area (Å²) in [6.07, 6.45) is 8.33. The van der Waals surface area contributed by atoms with Crippen molar-refractivity contribution in [3.05, 3.63) is 60.2 Å². The van der Waals surface area contributed by atoms with E-state index in [4.69, 9.17) is 0 Å². The van der Waals surface area contributed by atoms with Crippen molar-refractivity contribution in [1.82, 2.24) is 9.97 Å². The lowest BCUT2D eigenvalue weighted by Gasteiger charge is -1.82. The summed E-state index contributed by atoms with van der Waals surface area (Å²) in [5, 5.41) is 0. The Morgan fingerprint density at radius 1 is 0.818 bits per heavy atom. The second-order valence-corrected chi connectivity index (χ2v) is 4.68. The molecule has 2 aromatic rings. The van der Waals surface area contributed by atoms with Crippen molar-refractivity contribution in [2.24, 2.45) is 5.92 Å². The highest BCUT2D eigenvalue weighted by Crippen LogP contribution is 2.26. The molecule has 2 nitrogen and oxygen atoms in total. The maximum atomic E-state index is 3.98. The number of pyridine rings is 2. The standard InChI is InChI=1S/2C6H7N.C4H8.2C2H6/c1-6-2-4-7-5-3-6;1-6-4-2-3-5-7-6;1-4-2-3-4;2*1-2/h2*2-5H,1H3;4H,2-3H2,1H3;2*1-2H3. The Bertz CT molecular complexity index is 371. The molecule has 22 heavy (non-hydrogen) atoms. The van der Waals surface area contributed by atoms with Gasteiger partial charge in [0.25, 0.3) is 0 Å². The molecule has 0 atom stereocenters. The summed E-state index contributed by atoms with van der Waals surface area (Å²) in [5.74, 6) is 1.08. The van der Waals surface area contributed by atoms with E-state index in [1.807, 2.05) is 71.9 Å². The highest BCUT2D eigenvalue weighted by atomic mass is 14.6. The second-order valence-electron chi connectivity index (χ2n) is 4.68. The van der Waals surface area contributed by atoms with Gasteiger partial charge in [-0.2, -0.15) is 0 Å². The van der Waals surface area contributed by atoms with E-state index >= 15 is 0 Å². The van der Waals surface area contributed by atoms with Crippen molar-refractivity contribution in [1.29, 1.82) is 0 Å². The van der Waals surface area contributed by atoms with Gasteiger partial charge in [-0.3, -0.25) is 9.97 Å². The van der Waals surface area contributed by atoms with Gasteiger partial charge in [0.05, 0.1) is 0 Å². The summed E-state index contributed by atoms with van der Waals surface area (Å²) in [6, 6.07) is 9.80. The molecule has 2 aromatic heterocycles. The van der Waals surface area contributed by atoms with Crippen molar-refractivity contribution in [3.63, 3.8) is 0 Å². The van der Waals surface area contributed by atoms with Gasteiger partial charge in [-0.15, -0.1) is 0 Å². The molecule has 1 fully saturated rings. The molecule has 0 bridgehead atoms. The molecule has 0 unspecified atom stereocenters. The Morgan fingerprint density at radius 3 is 1.50 bits per heavy atom. The largest absolute Gasteiger partial charge is 0.265 e. The van der Waals surface area contributed by atoms with Crippen LogP contribution in [0.1, 0.15) is 58.7 Å². The number of aromatic nitrogens is 2. The van der Waals surface area contributed by atoms with E-state index in [-0.39, 0.29) is 0 Å². The lowest BCUT2D eigenvalue weighted by Crippen LogP contribution is -1.72. The molecule has 2 heteroatoms. The quantitative estimate of drug-likeness (QED) is 0.575. The van der Waals surface area contributed by atoms with Crippen LogP contribution in [-0.4, -0.2) is 9.97 Å². The third-order valence-electron chi connectivity index (χ3n) is 2.53. The highest BCUT2D eigenvalue weighted by Gasteiger charge is 2.12. The van der Waals surface area contributed by atoms with Crippen LogP contribution in [0.25, 0.3) is 0 Å². The van der Waals surface area contributed by atoms with E-state index in [0.29, 0.717) is 0 Å². The van der Waals surface area contributed by atoms with E-state index in [1.165, 1.54) is 18.4 Å². The van der Waals surface area contributed by atoms with Gasteiger partial charge in [0.2, 0.25) is 0 Å². The maximum absolute atomic E-state index is 3.98. The molecule has 124 valence electrons. The van der Waals surface area contributed by atoms with Crippen LogP contribution >= 0.6 is 0 Å². The predicted molar refractivity (Wildman–Crippen MR) is 99.0 cm³/mol. The van der Waals surface area contributed by atoms with Gasteiger partial charge in [-0.05, 0) is 49.6 Å². The van der Waals surface area contributed by atoms with Crippen LogP contribution < -0.4 is 0 Å². The molecule has 0 N–H and O–H groups in total. The van der Waals surface area contributed by atoms with Gasteiger partial charge in [0.1, 0.15) is 0 Å². The van der Waals surface area contributed by atoms with Crippen LogP contribution in [0.4, 0.5) is 0 Å². The first kappa shape index (κ1) is 22.6. The van der Waals surface area contributed by atoms with Crippen molar-refractivity contribution >= 4 is 0 Å². The van der Waals surface area contributed by atoms with Crippen molar-refractivity contribution < 1.29 is 0 Å². The van der Waals surface area contributed by atoms with Crippen LogP contribution in [0, 0.1) is 19.8 Å². The van der Waals surface area contributed by atoms with Gasteiger partial charge in [0.15, 0.2) is 0 Å². The summed E-state index contributed by atoms with van der Waals surface area (Å²) < 4.78 is 0. The van der Waals surface area contributed by atoms with Crippen LogP contribution in [0.3, 0.4) is 0 Å². The lowest BCUT2D eigenvalue weighted by atomic mass is 10.3. The number of hydrogen-bond acceptors (Lipinski definition) is 2. The summed E-state index contributed by atoms with van der Waals surface area (Å²) in [6.45, 7) is 14.3. The maximum Gasteiger partial charge on any atom is 0.0372 e. The van der Waals surface area contributed by atoms with Crippen LogP contribution in [0.15, 0.2) is 48.9 Å². The molecular weight excluding hydrogens is 268 g/mol. The fourth-order valence-corrected chi connectivity index (χ4v) is 1.04. The van der Waals surface area contributed by atoms with E-state index in [2.05, 4.69) is 16.9 Å². The number of aryl methyl sites for hydroxylation is 2. The molecule has 0 aromatic carbocycles.